The summed E-state index contributed by atoms with van der Waals surface area (Å²) in [5.74, 6) is -0.453. The minimum Gasteiger partial charge on any atom is -0.507 e. The number of rotatable bonds is 5. The van der Waals surface area contributed by atoms with Gasteiger partial charge in [0.15, 0.2) is 5.65 Å². The van der Waals surface area contributed by atoms with Gasteiger partial charge in [-0.25, -0.2) is 4.98 Å². The average Bonchev–Trinajstić information content (AvgIpc) is 3.15. The van der Waals surface area contributed by atoms with Gasteiger partial charge in [-0.2, -0.15) is 18.3 Å². The van der Waals surface area contributed by atoms with Crippen LogP contribution in [-0.4, -0.2) is 26.0 Å². The van der Waals surface area contributed by atoms with Crippen molar-refractivity contribution in [3.63, 3.8) is 0 Å². The van der Waals surface area contributed by atoms with Crippen LogP contribution in [0.1, 0.15) is 35.6 Å². The highest BCUT2D eigenvalue weighted by atomic mass is 19.4. The van der Waals surface area contributed by atoms with E-state index in [1.807, 2.05) is 47.3 Å². The summed E-state index contributed by atoms with van der Waals surface area (Å²) < 4.78 is 46.9. The van der Waals surface area contributed by atoms with E-state index < -0.39 is 17.5 Å². The molecule has 33 heavy (non-hydrogen) atoms. The van der Waals surface area contributed by atoms with Gasteiger partial charge in [-0.15, -0.1) is 0 Å². The Labute approximate surface area is 188 Å². The normalized spacial score (nSPS) is 18.4. The number of ether oxygens (including phenoxy) is 1. The van der Waals surface area contributed by atoms with Gasteiger partial charge in [0.25, 0.3) is 0 Å². The number of hydrogen-bond acceptors (Lipinski definition) is 4. The minimum absolute atomic E-state index is 0.179. The van der Waals surface area contributed by atoms with Gasteiger partial charge in [0.2, 0.25) is 0 Å². The Kier molecular flexibility index (Phi) is 5.32. The fourth-order valence-electron chi connectivity index (χ4n) is 4.19. The molecule has 0 atom stereocenters. The molecule has 0 bridgehead atoms. The lowest BCUT2D eigenvalue weighted by Gasteiger charge is -2.35. The number of aromatic hydroxyl groups is 1. The zero-order valence-electron chi connectivity index (χ0n) is 17.9. The molecule has 0 spiro atoms. The number of halogens is 3. The third-order valence-corrected chi connectivity index (χ3v) is 6.06. The Hall–Kier alpha value is -3.39. The van der Waals surface area contributed by atoms with Crippen LogP contribution in [0, 0.1) is 6.92 Å². The number of benzene rings is 2. The Morgan fingerprint density at radius 2 is 1.85 bits per heavy atom. The molecule has 0 radical (unpaired) electrons. The lowest BCUT2D eigenvalue weighted by Crippen LogP contribution is -2.33. The SMILES string of the molecule is Cc1cc(C(F)(F)F)cc(O)c1-c1ccc2cn(C3CC(OCc4ccccc4)C3)nc2n1. The van der Waals surface area contributed by atoms with Crippen molar-refractivity contribution in [3.8, 4) is 17.0 Å². The molecule has 0 unspecified atom stereocenters. The summed E-state index contributed by atoms with van der Waals surface area (Å²) in [6, 6.07) is 15.5. The molecule has 1 saturated carbocycles. The molecule has 0 aliphatic heterocycles. The van der Waals surface area contributed by atoms with Gasteiger partial charge in [-0.1, -0.05) is 30.3 Å². The first kappa shape index (κ1) is 21.5. The van der Waals surface area contributed by atoms with Crippen molar-refractivity contribution in [2.45, 2.75) is 44.7 Å². The fraction of sp³-hybridized carbons (Fsp3) is 0.280. The molecule has 1 fully saturated rings. The first-order valence-corrected chi connectivity index (χ1v) is 10.7. The van der Waals surface area contributed by atoms with Gasteiger partial charge >= 0.3 is 6.18 Å². The highest BCUT2D eigenvalue weighted by molar-refractivity contribution is 5.80. The first-order chi connectivity index (χ1) is 15.8. The van der Waals surface area contributed by atoms with Crippen molar-refractivity contribution in [1.82, 2.24) is 14.8 Å². The molecule has 4 aromatic rings. The van der Waals surface area contributed by atoms with Crippen molar-refractivity contribution in [1.29, 1.82) is 0 Å². The average molecular weight is 453 g/mol. The molecule has 2 heterocycles. The molecule has 0 saturated heterocycles. The number of aryl methyl sites for hydroxylation is 1. The van der Waals surface area contributed by atoms with Crippen LogP contribution >= 0.6 is 0 Å². The molecule has 170 valence electrons. The number of nitrogens with zero attached hydrogens (tertiary/aromatic N) is 3. The van der Waals surface area contributed by atoms with Gasteiger partial charge in [-0.05, 0) is 55.2 Å². The van der Waals surface area contributed by atoms with Crippen molar-refractivity contribution in [3.05, 3.63) is 77.5 Å². The monoisotopic (exact) mass is 453 g/mol. The summed E-state index contributed by atoms with van der Waals surface area (Å²) in [5, 5.41) is 15.7. The van der Waals surface area contributed by atoms with Crippen LogP contribution in [0.25, 0.3) is 22.3 Å². The Bertz CT molecular complexity index is 1270. The van der Waals surface area contributed by atoms with Gasteiger partial charge < -0.3 is 9.84 Å². The quantitative estimate of drug-likeness (QED) is 0.400. The number of pyridine rings is 1. The van der Waals surface area contributed by atoms with E-state index in [-0.39, 0.29) is 17.7 Å². The van der Waals surface area contributed by atoms with E-state index >= 15 is 0 Å². The van der Waals surface area contributed by atoms with Crippen LogP contribution in [0.3, 0.4) is 0 Å². The maximum atomic E-state index is 13.0. The molecule has 8 heteroatoms. The van der Waals surface area contributed by atoms with Crippen molar-refractivity contribution >= 4 is 11.0 Å². The van der Waals surface area contributed by atoms with E-state index in [0.29, 0.717) is 23.5 Å². The molecule has 2 aromatic heterocycles. The fourth-order valence-corrected chi connectivity index (χ4v) is 4.19. The highest BCUT2D eigenvalue weighted by Gasteiger charge is 2.33. The summed E-state index contributed by atoms with van der Waals surface area (Å²) in [5.41, 5.74) is 1.70. The van der Waals surface area contributed by atoms with Crippen LogP contribution < -0.4 is 0 Å². The number of aromatic nitrogens is 3. The second-order valence-corrected chi connectivity index (χ2v) is 8.45. The van der Waals surface area contributed by atoms with E-state index in [0.717, 1.165) is 35.9 Å². The molecule has 1 aliphatic rings. The molecular weight excluding hydrogens is 431 g/mol. The largest absolute Gasteiger partial charge is 0.507 e. The van der Waals surface area contributed by atoms with Gasteiger partial charge in [0.05, 0.1) is 30.0 Å². The summed E-state index contributed by atoms with van der Waals surface area (Å²) >= 11 is 0. The maximum Gasteiger partial charge on any atom is 0.416 e. The zero-order valence-corrected chi connectivity index (χ0v) is 17.9. The predicted octanol–water partition coefficient (Wildman–Crippen LogP) is 6.05. The molecule has 2 aromatic carbocycles. The van der Waals surface area contributed by atoms with E-state index in [2.05, 4.69) is 10.1 Å². The maximum absolute atomic E-state index is 13.0. The van der Waals surface area contributed by atoms with E-state index in [9.17, 15) is 18.3 Å². The second kappa shape index (κ2) is 8.19. The van der Waals surface area contributed by atoms with Gasteiger partial charge in [0, 0.05) is 17.1 Å². The summed E-state index contributed by atoms with van der Waals surface area (Å²) in [7, 11) is 0. The highest BCUT2D eigenvalue weighted by Crippen LogP contribution is 2.39. The summed E-state index contributed by atoms with van der Waals surface area (Å²) in [6.07, 6.45) is -0.719. The molecule has 1 aliphatic carbocycles. The molecular formula is C25H22F3N3O2. The van der Waals surface area contributed by atoms with Crippen LogP contribution in [0.5, 0.6) is 5.75 Å². The van der Waals surface area contributed by atoms with Gasteiger partial charge in [0.1, 0.15) is 5.75 Å². The summed E-state index contributed by atoms with van der Waals surface area (Å²) in [4.78, 5) is 4.51. The Morgan fingerprint density at radius 1 is 1.09 bits per heavy atom. The van der Waals surface area contributed by atoms with E-state index in [1.165, 1.54) is 6.92 Å². The number of phenolic OH excluding ortho intramolecular Hbond substituents is 1. The smallest absolute Gasteiger partial charge is 0.416 e. The summed E-state index contributed by atoms with van der Waals surface area (Å²) in [6.45, 7) is 2.11. The standard InChI is InChI=1S/C25H22F3N3O2/c1-15-9-18(25(26,27)28)10-22(32)23(15)21-8-7-17-13-31(30-24(17)29-21)19-11-20(12-19)33-14-16-5-3-2-4-6-16/h2-10,13,19-20,32H,11-12,14H2,1H3. The third kappa shape index (κ3) is 4.30. The zero-order chi connectivity index (χ0) is 23.2. The van der Waals surface area contributed by atoms with Crippen molar-refractivity contribution in [2.24, 2.45) is 0 Å². The number of fused-ring (bicyclic) bond motifs is 1. The third-order valence-electron chi connectivity index (χ3n) is 6.06. The number of phenols is 1. The van der Waals surface area contributed by atoms with Crippen molar-refractivity contribution in [2.75, 3.05) is 0 Å². The Morgan fingerprint density at radius 3 is 2.55 bits per heavy atom. The lowest BCUT2D eigenvalue weighted by molar-refractivity contribution is -0.137. The van der Waals surface area contributed by atoms with Crippen LogP contribution in [-0.2, 0) is 17.5 Å². The van der Waals surface area contributed by atoms with Crippen LogP contribution in [0.15, 0.2) is 60.8 Å². The molecule has 1 N–H and O–H groups in total. The van der Waals surface area contributed by atoms with E-state index in [1.54, 1.807) is 6.07 Å². The molecule has 5 rings (SSSR count). The Balaban J connectivity index is 1.31. The second-order valence-electron chi connectivity index (χ2n) is 8.45. The first-order valence-electron chi connectivity index (χ1n) is 10.7. The molecule has 0 amide bonds. The van der Waals surface area contributed by atoms with Gasteiger partial charge in [-0.3, -0.25) is 4.68 Å². The lowest BCUT2D eigenvalue weighted by atomic mass is 9.89. The number of alkyl halides is 3. The van der Waals surface area contributed by atoms with Crippen LogP contribution in [0.2, 0.25) is 0 Å². The van der Waals surface area contributed by atoms with Crippen LogP contribution in [0.4, 0.5) is 13.2 Å². The molecule has 5 nitrogen and oxygen atoms in total. The topological polar surface area (TPSA) is 60.2 Å². The predicted molar refractivity (Wildman–Crippen MR) is 118 cm³/mol. The van der Waals surface area contributed by atoms with E-state index in [4.69, 9.17) is 4.74 Å². The number of hydrogen-bond donors (Lipinski definition) is 1. The minimum atomic E-state index is -4.53. The van der Waals surface area contributed by atoms with Crippen molar-refractivity contribution < 1.29 is 23.0 Å².